The molecule has 0 aliphatic carbocycles. The second kappa shape index (κ2) is 11.3. The molecule has 2 atom stereocenters. The van der Waals surface area contributed by atoms with Crippen molar-refractivity contribution in [2.75, 3.05) is 18.0 Å². The van der Waals surface area contributed by atoms with Crippen LogP contribution in [0.1, 0.15) is 64.8 Å². The van der Waals surface area contributed by atoms with E-state index in [1.54, 1.807) is 24.3 Å². The first kappa shape index (κ1) is 29.4. The lowest BCUT2D eigenvalue weighted by Crippen LogP contribution is -2.58. The van der Waals surface area contributed by atoms with Crippen molar-refractivity contribution in [1.29, 1.82) is 0 Å². The summed E-state index contributed by atoms with van der Waals surface area (Å²) in [6.07, 6.45) is 0.483. The number of carbonyl (C=O) groups is 1. The first-order valence-electron chi connectivity index (χ1n) is 13.9. The van der Waals surface area contributed by atoms with Gasteiger partial charge in [0.1, 0.15) is 18.0 Å². The molecule has 0 saturated carbocycles. The van der Waals surface area contributed by atoms with Gasteiger partial charge in [-0.2, -0.15) is 4.98 Å². The molecular weight excluding hydrogens is 561 g/mol. The third-order valence-electron chi connectivity index (χ3n) is 7.57. The number of aromatic nitrogens is 5. The molecule has 1 aromatic carbocycles. The summed E-state index contributed by atoms with van der Waals surface area (Å²) >= 11 is 6.77. The maximum atomic E-state index is 15.0. The van der Waals surface area contributed by atoms with Crippen LogP contribution in [0.5, 0.6) is 0 Å². The van der Waals surface area contributed by atoms with Crippen molar-refractivity contribution >= 4 is 34.5 Å². The number of piperazine rings is 1. The number of nitrogens with zero attached hydrogens (tertiary/aromatic N) is 7. The van der Waals surface area contributed by atoms with Gasteiger partial charge in [0.25, 0.3) is 0 Å². The Hall–Kier alpha value is -4.12. The summed E-state index contributed by atoms with van der Waals surface area (Å²) in [6.45, 7) is 12.1. The van der Waals surface area contributed by atoms with Crippen LogP contribution in [0.2, 0.25) is 5.02 Å². The number of anilines is 1. The number of hydrogen-bond donors (Lipinski definition) is 1. The van der Waals surface area contributed by atoms with Crippen LogP contribution in [0.25, 0.3) is 28.0 Å². The normalized spacial score (nSPS) is 17.5. The number of amides is 1. The molecular formula is C30H33ClFN7O3. The summed E-state index contributed by atoms with van der Waals surface area (Å²) in [5, 5.41) is 10.4. The van der Waals surface area contributed by atoms with Gasteiger partial charge in [-0.05, 0) is 43.9 Å². The monoisotopic (exact) mass is 593 g/mol. The van der Waals surface area contributed by atoms with Gasteiger partial charge >= 0.3 is 11.8 Å². The first-order chi connectivity index (χ1) is 19.9. The second-order valence-corrected chi connectivity index (χ2v) is 11.7. The Morgan fingerprint density at radius 2 is 1.62 bits per heavy atom. The molecule has 4 aromatic rings. The summed E-state index contributed by atoms with van der Waals surface area (Å²) < 4.78 is 16.4. The number of fused-ring (bicyclic) bond motifs is 1. The van der Waals surface area contributed by atoms with Crippen LogP contribution >= 0.6 is 11.6 Å². The topological polar surface area (TPSA) is 117 Å². The highest BCUT2D eigenvalue weighted by Gasteiger charge is 2.35. The molecule has 1 N–H and O–H groups in total. The minimum atomic E-state index is -1.01. The van der Waals surface area contributed by atoms with Gasteiger partial charge in [0.2, 0.25) is 0 Å². The molecule has 1 saturated heterocycles. The standard InChI is InChI=1S/C30H33ClFN7O3/c1-15(2)23-26(24(16(3)4)34-14-33-23)39-28-20(11-21(31)25(35-28)19-9-7-8-10-22(19)32)27(36-29(39)40)37-12-17(5)38(30(41)42)18(6)13-37/h7-11,14-18H,12-13H2,1-6H3,(H,41,42)/t17-,18+. The van der Waals surface area contributed by atoms with Crippen molar-refractivity contribution in [2.24, 2.45) is 0 Å². The highest BCUT2D eigenvalue weighted by atomic mass is 35.5. The summed E-state index contributed by atoms with van der Waals surface area (Å²) in [5.74, 6) is -0.299. The van der Waals surface area contributed by atoms with Crippen molar-refractivity contribution in [3.05, 3.63) is 69.4 Å². The zero-order valence-corrected chi connectivity index (χ0v) is 25.1. The Bertz CT molecular complexity index is 1700. The molecule has 220 valence electrons. The van der Waals surface area contributed by atoms with Gasteiger partial charge < -0.3 is 10.0 Å². The number of benzene rings is 1. The van der Waals surface area contributed by atoms with Crippen LogP contribution in [0.4, 0.5) is 15.0 Å². The van der Waals surface area contributed by atoms with Crippen molar-refractivity contribution in [3.8, 4) is 16.9 Å². The van der Waals surface area contributed by atoms with Gasteiger partial charge in [-0.1, -0.05) is 51.4 Å². The van der Waals surface area contributed by atoms with Gasteiger partial charge in [-0.3, -0.25) is 4.90 Å². The van der Waals surface area contributed by atoms with E-state index in [1.165, 1.54) is 21.9 Å². The highest BCUT2D eigenvalue weighted by Crippen LogP contribution is 2.36. The fraction of sp³-hybridized carbons (Fsp3) is 0.400. The van der Waals surface area contributed by atoms with Gasteiger partial charge in [0.15, 0.2) is 5.65 Å². The lowest BCUT2D eigenvalue weighted by atomic mass is 10.0. The fourth-order valence-electron chi connectivity index (χ4n) is 5.74. The number of rotatable bonds is 5. The van der Waals surface area contributed by atoms with E-state index in [0.717, 1.165) is 0 Å². The largest absolute Gasteiger partial charge is 0.465 e. The van der Waals surface area contributed by atoms with Crippen molar-refractivity contribution in [2.45, 2.75) is 65.5 Å². The van der Waals surface area contributed by atoms with Crippen LogP contribution in [-0.4, -0.2) is 65.8 Å². The lowest BCUT2D eigenvalue weighted by Gasteiger charge is -2.43. The molecule has 42 heavy (non-hydrogen) atoms. The highest BCUT2D eigenvalue weighted by molar-refractivity contribution is 6.33. The van der Waals surface area contributed by atoms with Gasteiger partial charge in [0.05, 0.1) is 45.3 Å². The predicted octanol–water partition coefficient (Wildman–Crippen LogP) is 5.85. The third kappa shape index (κ3) is 5.06. The molecule has 4 heterocycles. The maximum absolute atomic E-state index is 15.0. The number of halogens is 2. The Labute approximate surface area is 247 Å². The van der Waals surface area contributed by atoms with E-state index in [4.69, 9.17) is 16.6 Å². The summed E-state index contributed by atoms with van der Waals surface area (Å²) in [6, 6.07) is 7.09. The minimum absolute atomic E-state index is 0.0636. The summed E-state index contributed by atoms with van der Waals surface area (Å²) in [4.78, 5) is 47.7. The maximum Gasteiger partial charge on any atom is 0.407 e. The van der Waals surface area contributed by atoms with E-state index < -0.39 is 17.6 Å². The molecule has 3 aromatic heterocycles. The van der Waals surface area contributed by atoms with E-state index in [-0.39, 0.29) is 45.8 Å². The molecule has 0 radical (unpaired) electrons. The number of hydrogen-bond acceptors (Lipinski definition) is 7. The van der Waals surface area contributed by atoms with Crippen LogP contribution in [-0.2, 0) is 0 Å². The average molecular weight is 594 g/mol. The third-order valence-corrected chi connectivity index (χ3v) is 7.85. The first-order valence-corrected chi connectivity index (χ1v) is 14.3. The van der Waals surface area contributed by atoms with Crippen LogP contribution in [0.15, 0.2) is 41.5 Å². The minimum Gasteiger partial charge on any atom is -0.465 e. The molecule has 1 fully saturated rings. The predicted molar refractivity (Wildman–Crippen MR) is 160 cm³/mol. The second-order valence-electron chi connectivity index (χ2n) is 11.3. The molecule has 1 aliphatic heterocycles. The molecule has 0 bridgehead atoms. The Morgan fingerprint density at radius 3 is 2.17 bits per heavy atom. The molecule has 0 spiro atoms. The van der Waals surface area contributed by atoms with Gasteiger partial charge in [-0.15, -0.1) is 0 Å². The van der Waals surface area contributed by atoms with E-state index in [9.17, 15) is 19.1 Å². The number of carboxylic acid groups (broad SMARTS) is 1. The molecule has 12 heteroatoms. The fourth-order valence-corrected chi connectivity index (χ4v) is 6.00. The summed E-state index contributed by atoms with van der Waals surface area (Å²) in [5.41, 5.74) is 1.78. The van der Waals surface area contributed by atoms with Gasteiger partial charge in [0, 0.05) is 18.7 Å². The molecule has 10 nitrogen and oxygen atoms in total. The van der Waals surface area contributed by atoms with Crippen molar-refractivity contribution in [3.63, 3.8) is 0 Å². The van der Waals surface area contributed by atoms with E-state index in [0.29, 0.717) is 41.4 Å². The Balaban J connectivity index is 1.86. The smallest absolute Gasteiger partial charge is 0.407 e. The Kier molecular flexibility index (Phi) is 7.89. The molecule has 0 unspecified atom stereocenters. The summed E-state index contributed by atoms with van der Waals surface area (Å²) in [7, 11) is 0. The van der Waals surface area contributed by atoms with E-state index >= 15 is 0 Å². The zero-order valence-electron chi connectivity index (χ0n) is 24.3. The van der Waals surface area contributed by atoms with Crippen LogP contribution in [0, 0.1) is 5.82 Å². The average Bonchev–Trinajstić information content (AvgIpc) is 2.92. The number of pyridine rings is 1. The van der Waals surface area contributed by atoms with Crippen molar-refractivity contribution in [1.82, 2.24) is 29.4 Å². The van der Waals surface area contributed by atoms with E-state index in [2.05, 4.69) is 15.0 Å². The quantitative estimate of drug-likeness (QED) is 0.306. The zero-order chi connectivity index (χ0) is 30.5. The van der Waals surface area contributed by atoms with Crippen LogP contribution < -0.4 is 10.6 Å². The van der Waals surface area contributed by atoms with Gasteiger partial charge in [-0.25, -0.2) is 33.5 Å². The molecule has 1 aliphatic rings. The molecule has 1 amide bonds. The SMILES string of the molecule is CC(C)c1ncnc(C(C)C)c1-n1c(=O)nc(N2C[C@@H](C)N(C(=O)O)[C@@H](C)C2)c2cc(Cl)c(-c3ccccc3F)nc21. The van der Waals surface area contributed by atoms with Crippen LogP contribution in [0.3, 0.4) is 0 Å². The Morgan fingerprint density at radius 1 is 1.02 bits per heavy atom. The molecule has 5 rings (SSSR count). The van der Waals surface area contributed by atoms with E-state index in [1.807, 2.05) is 46.4 Å². The lowest BCUT2D eigenvalue weighted by molar-refractivity contribution is 0.0981. The van der Waals surface area contributed by atoms with Crippen molar-refractivity contribution < 1.29 is 14.3 Å².